The van der Waals surface area contributed by atoms with Crippen LogP contribution in [-0.4, -0.2) is 15.0 Å². The van der Waals surface area contributed by atoms with Crippen molar-refractivity contribution in [1.82, 2.24) is 15.0 Å². The molecular weight excluding hydrogens is 210 g/mol. The lowest BCUT2D eigenvalue weighted by molar-refractivity contribution is 1.13. The third-order valence-electron chi connectivity index (χ3n) is 1.61. The van der Waals surface area contributed by atoms with E-state index < -0.39 is 0 Å². The van der Waals surface area contributed by atoms with Crippen LogP contribution in [0.2, 0.25) is 0 Å². The molecule has 0 aliphatic carbocycles. The zero-order valence-corrected chi connectivity index (χ0v) is 8.75. The van der Waals surface area contributed by atoms with Crippen LogP contribution >= 0.6 is 11.3 Å². The summed E-state index contributed by atoms with van der Waals surface area (Å²) < 4.78 is 0. The molecule has 5 nitrogen and oxygen atoms in total. The number of anilines is 2. The largest absolute Gasteiger partial charge is 0.300 e. The lowest BCUT2D eigenvalue weighted by atomic mass is 10.4. The lowest BCUT2D eigenvalue weighted by Crippen LogP contribution is -1.97. The summed E-state index contributed by atoms with van der Waals surface area (Å²) in [5.74, 6) is 0.392. The zero-order valence-electron chi connectivity index (χ0n) is 7.93. The Morgan fingerprint density at radius 3 is 3.00 bits per heavy atom. The van der Waals surface area contributed by atoms with Crippen molar-refractivity contribution in [2.75, 3.05) is 5.32 Å². The van der Waals surface area contributed by atoms with Crippen LogP contribution in [-0.2, 0) is 0 Å². The molecule has 2 rings (SSSR count). The Labute approximate surface area is 90.5 Å². The van der Waals surface area contributed by atoms with Gasteiger partial charge in [0.05, 0.1) is 5.69 Å². The fraction of sp³-hybridized carbons (Fsp3) is 0.111. The van der Waals surface area contributed by atoms with Gasteiger partial charge in [0.25, 0.3) is 0 Å². The molecular formula is C9H7N5S. The van der Waals surface area contributed by atoms with Gasteiger partial charge in [-0.25, -0.2) is 15.0 Å². The van der Waals surface area contributed by atoms with E-state index in [1.54, 1.807) is 6.07 Å². The van der Waals surface area contributed by atoms with Gasteiger partial charge in [0.15, 0.2) is 5.13 Å². The second kappa shape index (κ2) is 4.02. The third-order valence-corrected chi connectivity index (χ3v) is 2.48. The van der Waals surface area contributed by atoms with Crippen LogP contribution in [0, 0.1) is 18.3 Å². The predicted molar refractivity (Wildman–Crippen MR) is 56.9 cm³/mol. The van der Waals surface area contributed by atoms with E-state index >= 15 is 0 Å². The molecule has 0 aromatic carbocycles. The van der Waals surface area contributed by atoms with Gasteiger partial charge < -0.3 is 5.32 Å². The van der Waals surface area contributed by atoms with Crippen molar-refractivity contribution < 1.29 is 0 Å². The summed E-state index contributed by atoms with van der Waals surface area (Å²) in [7, 11) is 0. The van der Waals surface area contributed by atoms with Crippen molar-refractivity contribution in [3.8, 4) is 6.07 Å². The number of nitrogens with zero attached hydrogens (tertiary/aromatic N) is 4. The molecule has 0 amide bonds. The highest BCUT2D eigenvalue weighted by Crippen LogP contribution is 2.17. The standard InChI is InChI=1S/C9H7N5S/c1-6-5-15-9(12-6)14-8-11-3-2-7(4-10)13-8/h2-3,5H,1H3,(H,11,12,13,14). The molecule has 0 aliphatic heterocycles. The van der Waals surface area contributed by atoms with Crippen LogP contribution in [0.15, 0.2) is 17.6 Å². The predicted octanol–water partition coefficient (Wildman–Crippen LogP) is 1.86. The van der Waals surface area contributed by atoms with Gasteiger partial charge in [-0.05, 0) is 13.0 Å². The first-order valence-corrected chi connectivity index (χ1v) is 5.08. The first-order valence-electron chi connectivity index (χ1n) is 4.20. The first kappa shape index (κ1) is 9.55. The first-order chi connectivity index (χ1) is 7.28. The summed E-state index contributed by atoms with van der Waals surface area (Å²) in [5.41, 5.74) is 1.28. The highest BCUT2D eigenvalue weighted by atomic mass is 32.1. The second-order valence-electron chi connectivity index (χ2n) is 2.80. The summed E-state index contributed by atoms with van der Waals surface area (Å²) in [6, 6.07) is 3.50. The van der Waals surface area contributed by atoms with Gasteiger partial charge >= 0.3 is 0 Å². The molecule has 2 heterocycles. The maximum Gasteiger partial charge on any atom is 0.230 e. The number of rotatable bonds is 2. The zero-order chi connectivity index (χ0) is 10.7. The average Bonchev–Trinajstić information content (AvgIpc) is 2.64. The van der Waals surface area contributed by atoms with Crippen LogP contribution in [0.5, 0.6) is 0 Å². The Morgan fingerprint density at radius 2 is 2.33 bits per heavy atom. The fourth-order valence-electron chi connectivity index (χ4n) is 0.988. The Morgan fingerprint density at radius 1 is 1.47 bits per heavy atom. The Bertz CT molecular complexity index is 513. The molecule has 0 spiro atoms. The molecule has 0 unspecified atom stereocenters. The number of thiazole rings is 1. The molecule has 0 aliphatic rings. The van der Waals surface area contributed by atoms with E-state index in [2.05, 4.69) is 20.3 Å². The molecule has 2 aromatic heterocycles. The minimum absolute atomic E-state index is 0.334. The molecule has 0 saturated carbocycles. The van der Waals surface area contributed by atoms with E-state index in [1.165, 1.54) is 17.5 Å². The van der Waals surface area contributed by atoms with Crippen molar-refractivity contribution in [2.24, 2.45) is 0 Å². The van der Waals surface area contributed by atoms with Crippen molar-refractivity contribution in [3.05, 3.63) is 29.0 Å². The number of nitrogens with one attached hydrogen (secondary N) is 1. The van der Waals surface area contributed by atoms with Gasteiger partial charge in [-0.3, -0.25) is 0 Å². The van der Waals surface area contributed by atoms with Crippen LogP contribution in [0.25, 0.3) is 0 Å². The van der Waals surface area contributed by atoms with E-state index in [-0.39, 0.29) is 0 Å². The molecule has 15 heavy (non-hydrogen) atoms. The monoisotopic (exact) mass is 217 g/mol. The molecule has 74 valence electrons. The molecule has 6 heteroatoms. The van der Waals surface area contributed by atoms with Crippen LogP contribution < -0.4 is 5.32 Å². The summed E-state index contributed by atoms with van der Waals surface area (Å²) in [6.07, 6.45) is 1.54. The molecule has 0 atom stereocenters. The Kier molecular flexibility index (Phi) is 2.56. The number of hydrogen-bond donors (Lipinski definition) is 1. The normalized spacial score (nSPS) is 9.60. The Hall–Kier alpha value is -2.00. The highest BCUT2D eigenvalue weighted by Gasteiger charge is 2.02. The number of nitriles is 1. The van der Waals surface area contributed by atoms with Gasteiger partial charge in [0.1, 0.15) is 11.8 Å². The Balaban J connectivity index is 2.21. The maximum absolute atomic E-state index is 8.65. The molecule has 0 saturated heterocycles. The van der Waals surface area contributed by atoms with Gasteiger partial charge in [0.2, 0.25) is 5.95 Å². The van der Waals surface area contributed by atoms with E-state index in [1.807, 2.05) is 18.4 Å². The fourth-order valence-corrected chi connectivity index (χ4v) is 1.67. The summed E-state index contributed by atoms with van der Waals surface area (Å²) >= 11 is 1.47. The number of aromatic nitrogens is 3. The minimum atomic E-state index is 0.334. The molecule has 1 N–H and O–H groups in total. The van der Waals surface area contributed by atoms with Crippen molar-refractivity contribution in [3.63, 3.8) is 0 Å². The lowest BCUT2D eigenvalue weighted by Gasteiger charge is -1.98. The molecule has 0 bridgehead atoms. The van der Waals surface area contributed by atoms with Gasteiger partial charge in [-0.15, -0.1) is 11.3 Å². The van der Waals surface area contributed by atoms with Gasteiger partial charge in [0, 0.05) is 11.6 Å². The molecule has 0 fully saturated rings. The van der Waals surface area contributed by atoms with E-state index in [4.69, 9.17) is 5.26 Å². The maximum atomic E-state index is 8.65. The number of aryl methyl sites for hydroxylation is 1. The van der Waals surface area contributed by atoms with Crippen LogP contribution in [0.1, 0.15) is 11.4 Å². The second-order valence-corrected chi connectivity index (χ2v) is 3.65. The van der Waals surface area contributed by atoms with Crippen molar-refractivity contribution in [2.45, 2.75) is 6.92 Å². The SMILES string of the molecule is Cc1csc(Nc2nccc(C#N)n2)n1. The van der Waals surface area contributed by atoms with Crippen LogP contribution in [0.4, 0.5) is 11.1 Å². The van der Waals surface area contributed by atoms with E-state index in [9.17, 15) is 0 Å². The van der Waals surface area contributed by atoms with Crippen molar-refractivity contribution in [1.29, 1.82) is 5.26 Å². The van der Waals surface area contributed by atoms with Crippen molar-refractivity contribution >= 4 is 22.4 Å². The smallest absolute Gasteiger partial charge is 0.230 e. The molecule has 2 aromatic rings. The van der Waals surface area contributed by atoms with Gasteiger partial charge in [-0.2, -0.15) is 5.26 Å². The van der Waals surface area contributed by atoms with Crippen LogP contribution in [0.3, 0.4) is 0 Å². The number of hydrogen-bond acceptors (Lipinski definition) is 6. The van der Waals surface area contributed by atoms with E-state index in [0.717, 1.165) is 10.8 Å². The minimum Gasteiger partial charge on any atom is -0.300 e. The highest BCUT2D eigenvalue weighted by molar-refractivity contribution is 7.13. The topological polar surface area (TPSA) is 74.5 Å². The van der Waals surface area contributed by atoms with Gasteiger partial charge in [-0.1, -0.05) is 0 Å². The quantitative estimate of drug-likeness (QED) is 0.831. The summed E-state index contributed by atoms with van der Waals surface area (Å²) in [5, 5.41) is 14.2. The third kappa shape index (κ3) is 2.27. The summed E-state index contributed by atoms with van der Waals surface area (Å²) in [6.45, 7) is 1.91. The van der Waals surface area contributed by atoms with E-state index in [0.29, 0.717) is 11.6 Å². The summed E-state index contributed by atoms with van der Waals surface area (Å²) in [4.78, 5) is 12.2. The average molecular weight is 217 g/mol. The molecule has 0 radical (unpaired) electrons.